The summed E-state index contributed by atoms with van der Waals surface area (Å²) in [5.41, 5.74) is 21.6. The number of pyridine rings is 6. The summed E-state index contributed by atoms with van der Waals surface area (Å²) < 4.78 is 74.4. The molecule has 2 unspecified atom stereocenters. The first-order valence-corrected chi connectivity index (χ1v) is 53.3. The molecule has 4 bridgehead atoms. The van der Waals surface area contributed by atoms with Crippen molar-refractivity contribution in [3.63, 3.8) is 0 Å². The summed E-state index contributed by atoms with van der Waals surface area (Å²) in [4.78, 5) is 30.1. The van der Waals surface area contributed by atoms with E-state index in [1.807, 2.05) is 97.1 Å². The number of aromatic nitrogens is 6. The fourth-order valence-electron chi connectivity index (χ4n) is 15.6. The summed E-state index contributed by atoms with van der Waals surface area (Å²) in [7, 11) is -4.65. The molecule has 0 spiro atoms. The molecule has 34 heteroatoms. The van der Waals surface area contributed by atoms with Crippen LogP contribution >= 0.6 is 0 Å². The molecule has 32 nitrogen and oxygen atoms in total. The Kier molecular flexibility index (Phi) is 52.7. The number of fused-ring (bicyclic) bond motifs is 4. The number of aliphatic hydroxyl groups is 1. The summed E-state index contributed by atoms with van der Waals surface area (Å²) >= 11 is 0. The Morgan fingerprint density at radius 3 is 1.04 bits per heavy atom. The number of rotatable bonds is 74. The molecular formula is C100H154N18O14Si2. The molecule has 8 aromatic rings. The van der Waals surface area contributed by atoms with Gasteiger partial charge in [0.15, 0.2) is 0 Å². The van der Waals surface area contributed by atoms with E-state index in [-0.39, 0.29) is 12.2 Å². The molecule has 0 aliphatic carbocycles. The van der Waals surface area contributed by atoms with Crippen molar-refractivity contribution < 1.29 is 64.8 Å². The lowest BCUT2D eigenvalue weighted by molar-refractivity contribution is 0.0163. The van der Waals surface area contributed by atoms with E-state index in [2.05, 4.69) is 121 Å². The van der Waals surface area contributed by atoms with E-state index in [0.29, 0.717) is 91.8 Å². The van der Waals surface area contributed by atoms with Crippen LogP contribution in [0.2, 0.25) is 12.1 Å². The van der Waals surface area contributed by atoms with Crippen LogP contribution in [-0.4, -0.2) is 332 Å². The van der Waals surface area contributed by atoms with Crippen molar-refractivity contribution in [3.8, 4) is 79.3 Å². The van der Waals surface area contributed by atoms with Gasteiger partial charge in [0.1, 0.15) is 30.8 Å². The lowest BCUT2D eigenvalue weighted by atomic mass is 10.0. The molecule has 5 aliphatic heterocycles. The summed E-state index contributed by atoms with van der Waals surface area (Å²) in [5.74, 6) is 1.60. The fourth-order valence-corrected chi connectivity index (χ4v) is 21.0. The van der Waals surface area contributed by atoms with E-state index in [4.69, 9.17) is 81.1 Å². The highest BCUT2D eigenvalue weighted by Gasteiger charge is 2.55. The van der Waals surface area contributed by atoms with E-state index >= 15 is 0 Å². The van der Waals surface area contributed by atoms with Crippen LogP contribution in [0.4, 0.5) is 0 Å². The second-order valence-corrected chi connectivity index (χ2v) is 39.4. The summed E-state index contributed by atoms with van der Waals surface area (Å²) in [6.07, 6.45) is 24.3. The quantitative estimate of drug-likeness (QED) is 0.00960. The number of nitrogens with two attached hydrogens (primary N) is 2. The summed E-state index contributed by atoms with van der Waals surface area (Å²) in [6, 6.07) is 49.5. The maximum absolute atomic E-state index is 10.9. The van der Waals surface area contributed by atoms with Gasteiger partial charge in [-0.25, -0.2) is 9.97 Å². The number of epoxide rings is 1. The van der Waals surface area contributed by atoms with Crippen molar-refractivity contribution in [2.75, 3.05) is 250 Å². The molecular weight excluding hydrogens is 1730 g/mol. The molecule has 6 aromatic heterocycles. The lowest BCUT2D eigenvalue weighted by Crippen LogP contribution is -2.42. The van der Waals surface area contributed by atoms with E-state index in [1.165, 1.54) is 77.0 Å². The predicted octanol–water partition coefficient (Wildman–Crippen LogP) is 9.07. The highest BCUT2D eigenvalue weighted by molar-refractivity contribution is 6.62. The highest BCUT2D eigenvalue weighted by Crippen LogP contribution is 2.36. The van der Waals surface area contributed by atoms with Crippen LogP contribution in [0.1, 0.15) is 89.9 Å². The van der Waals surface area contributed by atoms with Crippen LogP contribution in [0.3, 0.4) is 0 Å². The van der Waals surface area contributed by atoms with Crippen molar-refractivity contribution in [2.24, 2.45) is 11.5 Å². The molecule has 2 aromatic carbocycles. The zero-order valence-corrected chi connectivity index (χ0v) is 81.2. The molecule has 0 saturated carbocycles. The third kappa shape index (κ3) is 43.2. The van der Waals surface area contributed by atoms with Gasteiger partial charge in [0.05, 0.1) is 137 Å². The van der Waals surface area contributed by atoms with E-state index in [1.54, 1.807) is 24.8 Å². The van der Waals surface area contributed by atoms with Gasteiger partial charge in [0.2, 0.25) is 0 Å². The third-order valence-corrected chi connectivity index (χ3v) is 28.7. The minimum absolute atomic E-state index is 0.109. The van der Waals surface area contributed by atoms with Crippen LogP contribution in [0.25, 0.3) is 67.8 Å². The fraction of sp³-hybridized carbons (Fsp3) is 0.580. The van der Waals surface area contributed by atoms with Crippen molar-refractivity contribution >= 4 is 17.6 Å². The molecule has 2 atom stereocenters. The van der Waals surface area contributed by atoms with Crippen LogP contribution in [0, 0.1) is 0 Å². The number of hydrogen-bond donors (Lipinski definition) is 12. The number of unbranched alkanes of at least 4 members (excludes halogenated alkanes) is 10. The van der Waals surface area contributed by atoms with Gasteiger partial charge in [-0.15, -0.1) is 0 Å². The largest absolute Gasteiger partial charge is 0.501 e. The minimum atomic E-state index is -2.45. The molecule has 5 aliphatic rings. The standard InChI is InChI=1S/C50H77N9O7Si.C41H61N9O2.C9H16O5Si/c51-18-23-54-25-24-52-19-7-3-1-2-4-8-20-53-26-29-59(38-44(60)39-62-31-11-35-67-64-40-46(66-67)41-65-67)30-27-55-28-32-61-33-34-63-45-16-14-42(15-17-45)43-36-49(47-12-5-9-21-56-47)58-50(37-43)48-13-6-10-22-57-48;42-17-22-45-25-23-43-18-7-3-1-2-4-8-19-44-24-26-46-27-28-47-29-30-51-31-32-52-37-15-13-35(14-16-37)36-33-40(38-11-5-9-20-48-38)50-41(34-36)39-12-6-10-21-49-39;1(2-10-4-8-5-11-8)3-15-12-6-9(14-15)7-13-15/h5-6,9-10,12-17,21-22,36-37,44,46,52-55,60H,1-4,7-8,11,18-20,23-35,38-41,51H2;5-6,9-16,20-21,33-34,43-47H,1-4,7-8,17-19,22-32,42H2;8-9H,1-7H2. The van der Waals surface area contributed by atoms with Gasteiger partial charge in [-0.2, -0.15) is 0 Å². The minimum Gasteiger partial charge on any atom is -0.491 e. The van der Waals surface area contributed by atoms with Crippen molar-refractivity contribution in [2.45, 2.75) is 126 Å². The number of nitrogens with one attached hydrogen (secondary N) is 9. The van der Waals surface area contributed by atoms with Gasteiger partial charge in [0.25, 0.3) is 0 Å². The smallest absolute Gasteiger partial charge is 0.491 e. The van der Waals surface area contributed by atoms with Crippen molar-refractivity contribution in [1.82, 2.24) is 82.7 Å². The maximum atomic E-state index is 10.9. The Bertz CT molecular complexity index is 4180. The zero-order valence-electron chi connectivity index (χ0n) is 79.2. The molecule has 736 valence electrons. The molecule has 5 fully saturated rings. The first kappa shape index (κ1) is 107. The number of nitrogens with zero attached hydrogens (tertiary/aromatic N) is 7. The molecule has 13 rings (SSSR count). The summed E-state index contributed by atoms with van der Waals surface area (Å²) in [5, 5.41) is 42.1. The topological polar surface area (TPSA) is 384 Å². The second-order valence-electron chi connectivity index (χ2n) is 34.0. The van der Waals surface area contributed by atoms with Gasteiger partial charge >= 0.3 is 17.6 Å². The third-order valence-electron chi connectivity index (χ3n) is 22.9. The van der Waals surface area contributed by atoms with E-state index in [0.717, 1.165) is 268 Å². The predicted molar refractivity (Wildman–Crippen MR) is 532 cm³/mol. The first-order chi connectivity index (χ1) is 66.3. The van der Waals surface area contributed by atoms with Crippen LogP contribution in [0.5, 0.6) is 11.5 Å². The SMILES string of the molecule is C(COCC1CO1)C[Si]12OCC(CO1)O2.NCCNCCNCCCCCCCCNCCN(CCNCCOCCOc1ccc(-c2cc(-c3ccccn3)nc(-c3ccccn3)c2)cc1)CC(O)COCCC[Si]12OCC(CO1)O2.NCCNCCNCCCCCCCCNCCNCCNCCOCCOc1ccc(-c2cc(-c3ccccn3)nc(-c3ccccn3)c2)cc1. The number of aliphatic hydroxyl groups excluding tert-OH is 1. The monoisotopic (exact) mass is 1890 g/mol. The molecule has 0 radical (unpaired) electrons. The Labute approximate surface area is 797 Å². The number of benzene rings is 2. The summed E-state index contributed by atoms with van der Waals surface area (Å²) in [6.45, 7) is 30.0. The van der Waals surface area contributed by atoms with Gasteiger partial charge in [-0.1, -0.05) is 99.9 Å². The van der Waals surface area contributed by atoms with Gasteiger partial charge in [-0.05, 0) is 184 Å². The van der Waals surface area contributed by atoms with Gasteiger partial charge < -0.3 is 124 Å². The Balaban J connectivity index is 0.000000227. The second kappa shape index (κ2) is 66.1. The lowest BCUT2D eigenvalue weighted by Gasteiger charge is -2.25. The van der Waals surface area contributed by atoms with Crippen molar-refractivity contribution in [1.29, 1.82) is 0 Å². The maximum Gasteiger partial charge on any atom is 0.501 e. The van der Waals surface area contributed by atoms with Gasteiger partial charge in [0, 0.05) is 174 Å². The Morgan fingerprint density at radius 1 is 0.343 bits per heavy atom. The number of ether oxygens (including phenoxy) is 7. The van der Waals surface area contributed by atoms with E-state index in [9.17, 15) is 5.11 Å². The zero-order chi connectivity index (χ0) is 92.8. The average Bonchev–Trinajstić information content (AvgIpc) is 1.72. The molecule has 0 amide bonds. The highest BCUT2D eigenvalue weighted by atomic mass is 28.4. The Morgan fingerprint density at radius 2 is 0.687 bits per heavy atom. The average molecular weight is 1890 g/mol. The normalized spacial score (nSPS) is 17.7. The number of hydrogen-bond acceptors (Lipinski definition) is 32. The molecule has 11 heterocycles. The van der Waals surface area contributed by atoms with Crippen LogP contribution in [-0.2, 0) is 50.2 Å². The van der Waals surface area contributed by atoms with Crippen LogP contribution in [0.15, 0.2) is 170 Å². The van der Waals surface area contributed by atoms with Gasteiger partial charge in [-0.3, -0.25) is 24.8 Å². The molecule has 14 N–H and O–H groups in total. The Hall–Kier alpha value is -7.59. The van der Waals surface area contributed by atoms with Crippen LogP contribution < -0.4 is 68.8 Å². The molecule has 5 saturated heterocycles. The molecule has 134 heavy (non-hydrogen) atoms. The van der Waals surface area contributed by atoms with Crippen molar-refractivity contribution in [3.05, 3.63) is 170 Å². The first-order valence-electron chi connectivity index (χ1n) is 49.5. The van der Waals surface area contributed by atoms with E-state index < -0.39 is 23.7 Å².